The molecule has 7 heteroatoms. The fourth-order valence-electron chi connectivity index (χ4n) is 2.13. The van der Waals surface area contributed by atoms with Gasteiger partial charge in [0.1, 0.15) is 5.75 Å². The number of benzene rings is 2. The van der Waals surface area contributed by atoms with E-state index >= 15 is 0 Å². The number of ether oxygens (including phenoxy) is 1. The number of hydrogen-bond donors (Lipinski definition) is 2. The summed E-state index contributed by atoms with van der Waals surface area (Å²) in [4.78, 5) is 23.7. The van der Waals surface area contributed by atoms with Gasteiger partial charge in [-0.05, 0) is 42.3 Å². The Hall–Kier alpha value is -2.24. The Morgan fingerprint density at radius 3 is 2.04 bits per heavy atom. The summed E-state index contributed by atoms with van der Waals surface area (Å²) in [5.74, 6) is 0.404. The number of nitrogens with one attached hydrogen (secondary N) is 2. The summed E-state index contributed by atoms with van der Waals surface area (Å²) < 4.78 is 5.38. The molecule has 0 bridgehead atoms. The average Bonchev–Trinajstić information content (AvgIpc) is 2.57. The van der Waals surface area contributed by atoms with E-state index in [1.165, 1.54) is 0 Å². The van der Waals surface area contributed by atoms with Gasteiger partial charge in [0.15, 0.2) is 6.61 Å². The van der Waals surface area contributed by atoms with Crippen LogP contribution in [0.25, 0.3) is 0 Å². The number of halogens is 2. The van der Waals surface area contributed by atoms with Crippen LogP contribution < -0.4 is 15.4 Å². The lowest BCUT2D eigenvalue weighted by Crippen LogP contribution is -2.20. The minimum Gasteiger partial charge on any atom is -0.484 e. The minimum atomic E-state index is -0.312. The standard InChI is InChI=1S/C19H20Cl2N2O3/c1-12(2)9-18(24)22-13-3-5-14(6-4-13)23-19(25)11-26-15-7-8-16(20)17(21)10-15/h3-8,10,12H,9,11H2,1-2H3,(H,22,24)(H,23,25). The minimum absolute atomic E-state index is 0.0354. The Labute approximate surface area is 162 Å². The lowest BCUT2D eigenvalue weighted by atomic mass is 10.1. The summed E-state index contributed by atoms with van der Waals surface area (Å²) in [6.07, 6.45) is 0.463. The van der Waals surface area contributed by atoms with Gasteiger partial charge in [-0.3, -0.25) is 9.59 Å². The maximum Gasteiger partial charge on any atom is 0.262 e. The first-order valence-electron chi connectivity index (χ1n) is 8.11. The van der Waals surface area contributed by atoms with E-state index in [9.17, 15) is 9.59 Å². The van der Waals surface area contributed by atoms with Crippen molar-refractivity contribution in [1.29, 1.82) is 0 Å². The topological polar surface area (TPSA) is 67.4 Å². The van der Waals surface area contributed by atoms with Crippen LogP contribution >= 0.6 is 23.2 Å². The molecule has 0 aliphatic carbocycles. The molecule has 5 nitrogen and oxygen atoms in total. The van der Waals surface area contributed by atoms with Crippen molar-refractivity contribution in [3.05, 3.63) is 52.5 Å². The van der Waals surface area contributed by atoms with Gasteiger partial charge in [0.05, 0.1) is 10.0 Å². The maximum atomic E-state index is 12.0. The summed E-state index contributed by atoms with van der Waals surface area (Å²) in [6.45, 7) is 3.81. The summed E-state index contributed by atoms with van der Waals surface area (Å²) in [7, 11) is 0. The SMILES string of the molecule is CC(C)CC(=O)Nc1ccc(NC(=O)COc2ccc(Cl)c(Cl)c2)cc1. The molecule has 0 saturated heterocycles. The molecule has 0 atom stereocenters. The van der Waals surface area contributed by atoms with Crippen molar-refractivity contribution in [3.8, 4) is 5.75 Å². The maximum absolute atomic E-state index is 12.0. The van der Waals surface area contributed by atoms with Gasteiger partial charge in [-0.2, -0.15) is 0 Å². The van der Waals surface area contributed by atoms with E-state index < -0.39 is 0 Å². The molecule has 138 valence electrons. The van der Waals surface area contributed by atoms with Gasteiger partial charge in [0.25, 0.3) is 5.91 Å². The summed E-state index contributed by atoms with van der Waals surface area (Å²) in [5.41, 5.74) is 1.29. The zero-order chi connectivity index (χ0) is 19.1. The van der Waals surface area contributed by atoms with E-state index in [2.05, 4.69) is 10.6 Å². The lowest BCUT2D eigenvalue weighted by Gasteiger charge is -2.10. The third-order valence-electron chi connectivity index (χ3n) is 3.31. The van der Waals surface area contributed by atoms with Gasteiger partial charge >= 0.3 is 0 Å². The van der Waals surface area contributed by atoms with Gasteiger partial charge in [0.2, 0.25) is 5.91 Å². The molecule has 0 spiro atoms. The zero-order valence-corrected chi connectivity index (χ0v) is 16.0. The molecule has 0 aliphatic heterocycles. The summed E-state index contributed by atoms with van der Waals surface area (Å²) >= 11 is 11.7. The molecular formula is C19H20Cl2N2O3. The normalized spacial score (nSPS) is 10.5. The Balaban J connectivity index is 1.83. The highest BCUT2D eigenvalue weighted by atomic mass is 35.5. The largest absolute Gasteiger partial charge is 0.484 e. The first kappa shape index (κ1) is 20.1. The third-order valence-corrected chi connectivity index (χ3v) is 4.05. The van der Waals surface area contributed by atoms with Crippen molar-refractivity contribution in [1.82, 2.24) is 0 Å². The van der Waals surface area contributed by atoms with Gasteiger partial charge in [0, 0.05) is 23.9 Å². The van der Waals surface area contributed by atoms with E-state index in [4.69, 9.17) is 27.9 Å². The van der Waals surface area contributed by atoms with E-state index in [0.29, 0.717) is 39.5 Å². The van der Waals surface area contributed by atoms with Crippen molar-refractivity contribution >= 4 is 46.4 Å². The van der Waals surface area contributed by atoms with E-state index in [1.54, 1.807) is 42.5 Å². The third kappa shape index (κ3) is 6.58. The number of anilines is 2. The first-order chi connectivity index (χ1) is 12.3. The molecule has 0 radical (unpaired) electrons. The number of carbonyl (C=O) groups is 2. The molecule has 2 rings (SSSR count). The highest BCUT2D eigenvalue weighted by Gasteiger charge is 2.07. The summed E-state index contributed by atoms with van der Waals surface area (Å²) in [6, 6.07) is 11.7. The smallest absolute Gasteiger partial charge is 0.262 e. The molecule has 2 aromatic rings. The fourth-order valence-corrected chi connectivity index (χ4v) is 2.42. The molecule has 0 fully saturated rings. The number of hydrogen-bond acceptors (Lipinski definition) is 3. The number of amides is 2. The molecule has 0 saturated carbocycles. The van der Waals surface area contributed by atoms with Crippen LogP contribution in [0, 0.1) is 5.92 Å². The van der Waals surface area contributed by atoms with Crippen molar-refractivity contribution in [3.63, 3.8) is 0 Å². The highest BCUT2D eigenvalue weighted by molar-refractivity contribution is 6.42. The van der Waals surface area contributed by atoms with Crippen molar-refractivity contribution in [2.75, 3.05) is 17.2 Å². The van der Waals surface area contributed by atoms with Gasteiger partial charge in [-0.15, -0.1) is 0 Å². The predicted octanol–water partition coefficient (Wildman–Crippen LogP) is 5.00. The van der Waals surface area contributed by atoms with E-state index in [0.717, 1.165) is 0 Å². The van der Waals surface area contributed by atoms with Crippen LogP contribution in [0.3, 0.4) is 0 Å². The monoisotopic (exact) mass is 394 g/mol. The fraction of sp³-hybridized carbons (Fsp3) is 0.263. The molecule has 2 aromatic carbocycles. The Morgan fingerprint density at radius 1 is 0.923 bits per heavy atom. The Morgan fingerprint density at radius 2 is 1.50 bits per heavy atom. The van der Waals surface area contributed by atoms with Gasteiger partial charge < -0.3 is 15.4 Å². The van der Waals surface area contributed by atoms with Crippen LogP contribution in [0.4, 0.5) is 11.4 Å². The van der Waals surface area contributed by atoms with Crippen molar-refractivity contribution < 1.29 is 14.3 Å². The van der Waals surface area contributed by atoms with Crippen LogP contribution in [0.15, 0.2) is 42.5 Å². The Bertz CT molecular complexity index is 777. The molecule has 2 amide bonds. The van der Waals surface area contributed by atoms with Crippen LogP contribution in [0.5, 0.6) is 5.75 Å². The van der Waals surface area contributed by atoms with Gasteiger partial charge in [-0.25, -0.2) is 0 Å². The first-order valence-corrected chi connectivity index (χ1v) is 8.86. The lowest BCUT2D eigenvalue weighted by molar-refractivity contribution is -0.118. The second kappa shape index (κ2) is 9.46. The van der Waals surface area contributed by atoms with Crippen LogP contribution in [-0.2, 0) is 9.59 Å². The Kier molecular flexibility index (Phi) is 7.30. The molecule has 0 unspecified atom stereocenters. The highest BCUT2D eigenvalue weighted by Crippen LogP contribution is 2.26. The van der Waals surface area contributed by atoms with Crippen molar-refractivity contribution in [2.45, 2.75) is 20.3 Å². The molecule has 0 aliphatic rings. The van der Waals surface area contributed by atoms with E-state index in [-0.39, 0.29) is 18.4 Å². The predicted molar refractivity (Wildman–Crippen MR) is 105 cm³/mol. The quantitative estimate of drug-likeness (QED) is 0.694. The van der Waals surface area contributed by atoms with Crippen molar-refractivity contribution in [2.24, 2.45) is 5.92 Å². The molecule has 26 heavy (non-hydrogen) atoms. The second-order valence-electron chi connectivity index (χ2n) is 6.14. The average molecular weight is 395 g/mol. The van der Waals surface area contributed by atoms with Crippen LogP contribution in [-0.4, -0.2) is 18.4 Å². The molecular weight excluding hydrogens is 375 g/mol. The molecule has 0 aromatic heterocycles. The molecule has 0 heterocycles. The zero-order valence-electron chi connectivity index (χ0n) is 14.5. The summed E-state index contributed by atoms with van der Waals surface area (Å²) in [5, 5.41) is 6.31. The number of carbonyl (C=O) groups excluding carboxylic acids is 2. The molecule has 2 N–H and O–H groups in total. The second-order valence-corrected chi connectivity index (χ2v) is 6.95. The van der Waals surface area contributed by atoms with Gasteiger partial charge in [-0.1, -0.05) is 37.0 Å². The number of rotatable bonds is 7. The van der Waals surface area contributed by atoms with E-state index in [1.807, 2.05) is 13.8 Å². The van der Waals surface area contributed by atoms with Crippen LogP contribution in [0.1, 0.15) is 20.3 Å². The van der Waals surface area contributed by atoms with Crippen LogP contribution in [0.2, 0.25) is 10.0 Å².